The highest BCUT2D eigenvalue weighted by atomic mass is 15.2. The molecule has 2 nitrogen and oxygen atoms in total. The lowest BCUT2D eigenvalue weighted by Crippen LogP contribution is -2.40. The van der Waals surface area contributed by atoms with Crippen LogP contribution in [0.4, 0.5) is 0 Å². The predicted octanol–water partition coefficient (Wildman–Crippen LogP) is 2.50. The molecule has 1 aliphatic heterocycles. The van der Waals surface area contributed by atoms with Gasteiger partial charge in [0.1, 0.15) is 0 Å². The Labute approximate surface area is 101 Å². The molecule has 1 unspecified atom stereocenters. The van der Waals surface area contributed by atoms with Crippen molar-refractivity contribution < 1.29 is 0 Å². The van der Waals surface area contributed by atoms with Crippen molar-refractivity contribution in [3.63, 3.8) is 0 Å². The van der Waals surface area contributed by atoms with E-state index in [2.05, 4.69) is 31.0 Å². The molecule has 2 rings (SSSR count). The molecule has 16 heavy (non-hydrogen) atoms. The van der Waals surface area contributed by atoms with Gasteiger partial charge in [-0.25, -0.2) is 0 Å². The van der Waals surface area contributed by atoms with Gasteiger partial charge in [-0.1, -0.05) is 27.2 Å². The molecular weight excluding hydrogens is 196 g/mol. The Hall–Kier alpha value is -0.0800. The van der Waals surface area contributed by atoms with Crippen molar-refractivity contribution in [3.05, 3.63) is 0 Å². The Bertz CT molecular complexity index is 221. The summed E-state index contributed by atoms with van der Waals surface area (Å²) in [6.07, 6.45) is 5.58. The van der Waals surface area contributed by atoms with Crippen LogP contribution in [0.5, 0.6) is 0 Å². The number of hydrogen-bond donors (Lipinski definition) is 1. The van der Waals surface area contributed by atoms with Crippen molar-refractivity contribution in [2.75, 3.05) is 26.2 Å². The molecule has 1 atom stereocenters. The highest BCUT2D eigenvalue weighted by Crippen LogP contribution is 2.25. The first-order valence-electron chi connectivity index (χ1n) is 7.05. The summed E-state index contributed by atoms with van der Waals surface area (Å²) in [6.45, 7) is 12.3. The molecule has 2 heteroatoms. The monoisotopic (exact) mass is 224 g/mol. The van der Waals surface area contributed by atoms with Crippen molar-refractivity contribution in [1.29, 1.82) is 0 Å². The molecule has 0 bridgehead atoms. The molecule has 0 aromatic rings. The van der Waals surface area contributed by atoms with Crippen LogP contribution in [0, 0.1) is 11.3 Å². The Morgan fingerprint density at radius 3 is 2.56 bits per heavy atom. The normalized spacial score (nSPS) is 27.6. The fraction of sp³-hybridized carbons (Fsp3) is 1.00. The molecule has 1 heterocycles. The van der Waals surface area contributed by atoms with E-state index in [1.165, 1.54) is 51.9 Å². The van der Waals surface area contributed by atoms with Crippen LogP contribution < -0.4 is 5.32 Å². The SMILES string of the molecule is CCC1CCN(CC(C)(C)CNC2CC2)C1. The summed E-state index contributed by atoms with van der Waals surface area (Å²) in [5.74, 6) is 0.965. The first-order valence-corrected chi connectivity index (χ1v) is 7.05. The molecule has 2 fully saturated rings. The van der Waals surface area contributed by atoms with Crippen LogP contribution in [-0.4, -0.2) is 37.1 Å². The minimum Gasteiger partial charge on any atom is -0.313 e. The summed E-state index contributed by atoms with van der Waals surface area (Å²) in [6, 6.07) is 0.848. The van der Waals surface area contributed by atoms with Gasteiger partial charge in [0.15, 0.2) is 0 Å². The van der Waals surface area contributed by atoms with Gasteiger partial charge in [-0.3, -0.25) is 0 Å². The molecule has 1 saturated carbocycles. The minimum atomic E-state index is 0.436. The number of nitrogens with zero attached hydrogens (tertiary/aromatic N) is 1. The van der Waals surface area contributed by atoms with Gasteiger partial charge in [0.2, 0.25) is 0 Å². The maximum absolute atomic E-state index is 3.67. The Morgan fingerprint density at radius 1 is 1.25 bits per heavy atom. The second-order valence-corrected chi connectivity index (χ2v) is 6.62. The minimum absolute atomic E-state index is 0.436. The van der Waals surface area contributed by atoms with E-state index in [0.29, 0.717) is 5.41 Å². The van der Waals surface area contributed by atoms with Gasteiger partial charge in [-0.05, 0) is 37.1 Å². The van der Waals surface area contributed by atoms with Gasteiger partial charge in [-0.15, -0.1) is 0 Å². The smallest absolute Gasteiger partial charge is 0.00684 e. The molecule has 2 aliphatic rings. The van der Waals surface area contributed by atoms with E-state index in [0.717, 1.165) is 12.0 Å². The predicted molar refractivity (Wildman–Crippen MR) is 69.6 cm³/mol. The number of likely N-dealkylation sites (tertiary alicyclic amines) is 1. The van der Waals surface area contributed by atoms with Gasteiger partial charge < -0.3 is 10.2 Å². The van der Waals surface area contributed by atoms with Crippen LogP contribution in [0.1, 0.15) is 46.5 Å². The zero-order valence-corrected chi connectivity index (χ0v) is 11.3. The third-order valence-electron chi connectivity index (χ3n) is 4.05. The number of nitrogens with one attached hydrogen (secondary N) is 1. The molecule has 1 saturated heterocycles. The zero-order chi connectivity index (χ0) is 11.6. The van der Waals surface area contributed by atoms with E-state index >= 15 is 0 Å². The van der Waals surface area contributed by atoms with Crippen molar-refractivity contribution in [3.8, 4) is 0 Å². The Morgan fingerprint density at radius 2 is 2.00 bits per heavy atom. The maximum Gasteiger partial charge on any atom is 0.00684 e. The largest absolute Gasteiger partial charge is 0.313 e. The van der Waals surface area contributed by atoms with E-state index < -0.39 is 0 Å². The summed E-state index contributed by atoms with van der Waals surface area (Å²) in [5.41, 5.74) is 0.436. The van der Waals surface area contributed by atoms with Crippen molar-refractivity contribution in [2.45, 2.75) is 52.5 Å². The summed E-state index contributed by atoms with van der Waals surface area (Å²) in [4.78, 5) is 2.67. The molecule has 1 N–H and O–H groups in total. The van der Waals surface area contributed by atoms with E-state index in [-0.39, 0.29) is 0 Å². The first kappa shape index (κ1) is 12.4. The van der Waals surface area contributed by atoms with Crippen molar-refractivity contribution in [1.82, 2.24) is 10.2 Å². The molecule has 0 amide bonds. The third kappa shape index (κ3) is 3.74. The lowest BCUT2D eigenvalue weighted by atomic mass is 9.92. The van der Waals surface area contributed by atoms with Gasteiger partial charge in [0.05, 0.1) is 0 Å². The average Bonchev–Trinajstić information content (AvgIpc) is 2.96. The summed E-state index contributed by atoms with van der Waals surface area (Å²) in [5, 5.41) is 3.67. The summed E-state index contributed by atoms with van der Waals surface area (Å²) >= 11 is 0. The quantitative estimate of drug-likeness (QED) is 0.746. The molecule has 94 valence electrons. The molecule has 1 aliphatic carbocycles. The first-order chi connectivity index (χ1) is 7.59. The second-order valence-electron chi connectivity index (χ2n) is 6.62. The van der Waals surface area contributed by atoms with Crippen LogP contribution in [-0.2, 0) is 0 Å². The van der Waals surface area contributed by atoms with Crippen LogP contribution in [0.3, 0.4) is 0 Å². The van der Waals surface area contributed by atoms with Crippen molar-refractivity contribution in [2.24, 2.45) is 11.3 Å². The Kier molecular flexibility index (Phi) is 3.91. The van der Waals surface area contributed by atoms with Gasteiger partial charge in [0, 0.05) is 25.7 Å². The van der Waals surface area contributed by atoms with E-state index in [1.807, 2.05) is 0 Å². The lowest BCUT2D eigenvalue weighted by Gasteiger charge is -2.30. The zero-order valence-electron chi connectivity index (χ0n) is 11.3. The fourth-order valence-electron chi connectivity index (χ4n) is 2.76. The van der Waals surface area contributed by atoms with Crippen molar-refractivity contribution >= 4 is 0 Å². The van der Waals surface area contributed by atoms with Gasteiger partial charge >= 0.3 is 0 Å². The fourth-order valence-corrected chi connectivity index (χ4v) is 2.76. The molecule has 0 aromatic carbocycles. The molecule has 0 aromatic heterocycles. The summed E-state index contributed by atoms with van der Waals surface area (Å²) < 4.78 is 0. The molecular formula is C14H28N2. The maximum atomic E-state index is 3.67. The van der Waals surface area contributed by atoms with Crippen LogP contribution in [0.25, 0.3) is 0 Å². The molecule has 0 spiro atoms. The highest BCUT2D eigenvalue weighted by molar-refractivity contribution is 4.86. The average molecular weight is 224 g/mol. The number of hydrogen-bond acceptors (Lipinski definition) is 2. The highest BCUT2D eigenvalue weighted by Gasteiger charge is 2.29. The van der Waals surface area contributed by atoms with E-state index in [1.54, 1.807) is 0 Å². The number of rotatable bonds is 6. The van der Waals surface area contributed by atoms with Gasteiger partial charge in [0.25, 0.3) is 0 Å². The lowest BCUT2D eigenvalue weighted by molar-refractivity contribution is 0.198. The summed E-state index contributed by atoms with van der Waals surface area (Å²) in [7, 11) is 0. The topological polar surface area (TPSA) is 15.3 Å². The third-order valence-corrected chi connectivity index (χ3v) is 4.05. The second kappa shape index (κ2) is 5.05. The standard InChI is InChI=1S/C14H28N2/c1-4-12-7-8-16(9-12)11-14(2,3)10-15-13-5-6-13/h12-13,15H,4-11H2,1-3H3. The Balaban J connectivity index is 1.69. The molecule has 0 radical (unpaired) electrons. The van der Waals surface area contributed by atoms with Crippen LogP contribution in [0.15, 0.2) is 0 Å². The van der Waals surface area contributed by atoms with E-state index in [9.17, 15) is 0 Å². The van der Waals surface area contributed by atoms with Gasteiger partial charge in [-0.2, -0.15) is 0 Å². The van der Waals surface area contributed by atoms with Crippen LogP contribution >= 0.6 is 0 Å². The van der Waals surface area contributed by atoms with E-state index in [4.69, 9.17) is 0 Å². The van der Waals surface area contributed by atoms with Crippen LogP contribution in [0.2, 0.25) is 0 Å².